The van der Waals surface area contributed by atoms with Crippen molar-refractivity contribution in [2.24, 2.45) is 5.73 Å². The molecule has 0 spiro atoms. The predicted molar refractivity (Wildman–Crippen MR) is 81.8 cm³/mol. The summed E-state index contributed by atoms with van der Waals surface area (Å²) in [6.45, 7) is 2.24. The number of hydrogen-bond donors (Lipinski definition) is 2. The number of aromatic nitrogens is 1. The Labute approximate surface area is 126 Å². The van der Waals surface area contributed by atoms with E-state index in [2.05, 4.69) is 25.6 Å². The van der Waals surface area contributed by atoms with Crippen LogP contribution >= 0.6 is 15.9 Å². The monoisotopic (exact) mass is 355 g/mol. The molecule has 0 aliphatic carbocycles. The highest BCUT2D eigenvalue weighted by atomic mass is 79.9. The van der Waals surface area contributed by atoms with Crippen LogP contribution in [0.4, 0.5) is 5.82 Å². The summed E-state index contributed by atoms with van der Waals surface area (Å²) >= 11 is 3.32. The van der Waals surface area contributed by atoms with Crippen molar-refractivity contribution in [1.82, 2.24) is 4.98 Å². The highest BCUT2D eigenvalue weighted by Gasteiger charge is 2.15. The maximum atomic E-state index is 12.2. The first-order valence-corrected chi connectivity index (χ1v) is 8.14. The lowest BCUT2D eigenvalue weighted by Crippen LogP contribution is -2.14. The van der Waals surface area contributed by atoms with Crippen molar-refractivity contribution >= 4 is 31.8 Å². The lowest BCUT2D eigenvalue weighted by molar-refractivity contribution is 0.601. The van der Waals surface area contributed by atoms with Gasteiger partial charge in [0.1, 0.15) is 5.82 Å². The molecular weight excluding hydrogens is 342 g/mol. The van der Waals surface area contributed by atoms with Crippen molar-refractivity contribution in [2.75, 3.05) is 4.72 Å². The van der Waals surface area contributed by atoms with Gasteiger partial charge >= 0.3 is 0 Å². The van der Waals surface area contributed by atoms with Crippen LogP contribution in [0.25, 0.3) is 0 Å². The molecule has 5 nitrogen and oxygen atoms in total. The molecule has 0 unspecified atom stereocenters. The molecule has 2 aromatic rings. The molecule has 20 heavy (non-hydrogen) atoms. The molecule has 3 N–H and O–H groups in total. The first-order chi connectivity index (χ1) is 9.42. The Kier molecular flexibility index (Phi) is 4.42. The summed E-state index contributed by atoms with van der Waals surface area (Å²) in [7, 11) is -3.64. The maximum Gasteiger partial charge on any atom is 0.263 e. The first kappa shape index (κ1) is 15.0. The van der Waals surface area contributed by atoms with Crippen molar-refractivity contribution in [3.05, 3.63) is 52.1 Å². The van der Waals surface area contributed by atoms with Gasteiger partial charge in [-0.15, -0.1) is 0 Å². The van der Waals surface area contributed by atoms with Crippen molar-refractivity contribution < 1.29 is 8.42 Å². The van der Waals surface area contributed by atoms with Gasteiger partial charge in [-0.3, -0.25) is 4.72 Å². The lowest BCUT2D eigenvalue weighted by Gasteiger charge is -2.09. The normalized spacial score (nSPS) is 11.3. The Bertz CT molecular complexity index is 715. The highest BCUT2D eigenvalue weighted by Crippen LogP contribution is 2.20. The van der Waals surface area contributed by atoms with Crippen LogP contribution in [0, 0.1) is 6.92 Å². The zero-order valence-corrected chi connectivity index (χ0v) is 13.2. The van der Waals surface area contributed by atoms with E-state index >= 15 is 0 Å². The Morgan fingerprint density at radius 3 is 2.50 bits per heavy atom. The van der Waals surface area contributed by atoms with E-state index < -0.39 is 10.0 Å². The molecule has 1 aromatic heterocycles. The molecule has 0 bridgehead atoms. The molecule has 0 amide bonds. The van der Waals surface area contributed by atoms with Gasteiger partial charge in [0.05, 0.1) is 4.90 Å². The number of nitrogens with two attached hydrogens (primary N) is 1. The largest absolute Gasteiger partial charge is 0.326 e. The second-order valence-electron chi connectivity index (χ2n) is 4.27. The fraction of sp³-hybridized carbons (Fsp3) is 0.154. The molecule has 0 saturated heterocycles. The van der Waals surface area contributed by atoms with Gasteiger partial charge in [0.2, 0.25) is 0 Å². The molecular formula is C13H14BrN3O2S. The van der Waals surface area contributed by atoms with E-state index in [9.17, 15) is 8.42 Å². The van der Waals surface area contributed by atoms with Crippen LogP contribution in [0.1, 0.15) is 11.1 Å². The van der Waals surface area contributed by atoms with E-state index in [1.807, 2.05) is 6.92 Å². The topological polar surface area (TPSA) is 85.1 Å². The van der Waals surface area contributed by atoms with Gasteiger partial charge in [-0.1, -0.05) is 12.1 Å². The minimum atomic E-state index is -3.64. The van der Waals surface area contributed by atoms with Crippen LogP contribution in [0.15, 0.2) is 45.9 Å². The average molecular weight is 356 g/mol. The number of pyridine rings is 1. The van der Waals surface area contributed by atoms with Crippen LogP contribution in [0.5, 0.6) is 0 Å². The number of hydrogen-bond acceptors (Lipinski definition) is 4. The minimum absolute atomic E-state index is 0.178. The van der Waals surface area contributed by atoms with Crippen LogP contribution in [0.2, 0.25) is 0 Å². The SMILES string of the molecule is Cc1cc(NS(=O)(=O)c2ccc(CN)cc2)ncc1Br. The lowest BCUT2D eigenvalue weighted by atomic mass is 10.2. The Balaban J connectivity index is 2.27. The average Bonchev–Trinajstić information content (AvgIpc) is 2.43. The molecule has 0 fully saturated rings. The van der Waals surface area contributed by atoms with Gasteiger partial charge < -0.3 is 5.73 Å². The number of nitrogens with one attached hydrogen (secondary N) is 1. The molecule has 0 radical (unpaired) electrons. The van der Waals surface area contributed by atoms with Crippen LogP contribution < -0.4 is 10.5 Å². The van der Waals surface area contributed by atoms with Gasteiger partial charge in [0.25, 0.3) is 10.0 Å². The zero-order valence-electron chi connectivity index (χ0n) is 10.8. The Morgan fingerprint density at radius 1 is 1.30 bits per heavy atom. The number of benzene rings is 1. The van der Waals surface area contributed by atoms with E-state index in [1.165, 1.54) is 12.1 Å². The number of aryl methyl sites for hydroxylation is 1. The second kappa shape index (κ2) is 5.90. The van der Waals surface area contributed by atoms with E-state index in [1.54, 1.807) is 24.4 Å². The molecule has 0 saturated carbocycles. The molecule has 106 valence electrons. The maximum absolute atomic E-state index is 12.2. The van der Waals surface area contributed by atoms with E-state index in [4.69, 9.17) is 5.73 Å². The summed E-state index contributed by atoms with van der Waals surface area (Å²) in [5.41, 5.74) is 7.26. The Morgan fingerprint density at radius 2 is 1.95 bits per heavy atom. The molecule has 7 heteroatoms. The molecule has 1 heterocycles. The summed E-state index contributed by atoms with van der Waals surface area (Å²) in [6.07, 6.45) is 1.56. The van der Waals surface area contributed by atoms with E-state index in [-0.39, 0.29) is 10.7 Å². The first-order valence-electron chi connectivity index (χ1n) is 5.86. The van der Waals surface area contributed by atoms with Crippen LogP contribution in [-0.4, -0.2) is 13.4 Å². The quantitative estimate of drug-likeness (QED) is 0.881. The Hall–Kier alpha value is -1.44. The smallest absolute Gasteiger partial charge is 0.263 e. The number of sulfonamides is 1. The molecule has 1 aromatic carbocycles. The number of nitrogens with zero attached hydrogens (tertiary/aromatic N) is 1. The second-order valence-corrected chi connectivity index (χ2v) is 6.81. The van der Waals surface area contributed by atoms with Gasteiger partial charge in [0.15, 0.2) is 0 Å². The number of anilines is 1. The third-order valence-electron chi connectivity index (χ3n) is 2.76. The third kappa shape index (κ3) is 3.36. The highest BCUT2D eigenvalue weighted by molar-refractivity contribution is 9.10. The minimum Gasteiger partial charge on any atom is -0.326 e. The zero-order chi connectivity index (χ0) is 14.8. The summed E-state index contributed by atoms with van der Waals surface area (Å²) in [5, 5.41) is 0. The summed E-state index contributed by atoms with van der Waals surface area (Å²) in [4.78, 5) is 4.20. The molecule has 2 rings (SSSR count). The van der Waals surface area contributed by atoms with Gasteiger partial charge in [-0.05, 0) is 52.2 Å². The van der Waals surface area contributed by atoms with Crippen molar-refractivity contribution in [2.45, 2.75) is 18.4 Å². The van der Waals surface area contributed by atoms with Gasteiger partial charge in [-0.25, -0.2) is 13.4 Å². The summed E-state index contributed by atoms with van der Waals surface area (Å²) < 4.78 is 27.7. The molecule has 0 aliphatic heterocycles. The fourth-order valence-electron chi connectivity index (χ4n) is 1.60. The summed E-state index contributed by atoms with van der Waals surface area (Å²) in [6, 6.07) is 8.09. The van der Waals surface area contributed by atoms with E-state index in [0.29, 0.717) is 6.54 Å². The van der Waals surface area contributed by atoms with Crippen molar-refractivity contribution in [1.29, 1.82) is 0 Å². The fourth-order valence-corrected chi connectivity index (χ4v) is 2.81. The third-order valence-corrected chi connectivity index (χ3v) is 4.96. The van der Waals surface area contributed by atoms with Crippen LogP contribution in [0.3, 0.4) is 0 Å². The predicted octanol–water partition coefficient (Wildman–Crippen LogP) is 2.41. The standard InChI is InChI=1S/C13H14BrN3O2S/c1-9-6-13(16-8-12(9)14)17-20(18,19)11-4-2-10(7-15)3-5-11/h2-6,8H,7,15H2,1H3,(H,16,17). The number of rotatable bonds is 4. The van der Waals surface area contributed by atoms with Crippen molar-refractivity contribution in [3.63, 3.8) is 0 Å². The number of halogens is 1. The molecule has 0 aliphatic rings. The van der Waals surface area contributed by atoms with E-state index in [0.717, 1.165) is 15.6 Å². The van der Waals surface area contributed by atoms with Gasteiger partial charge in [-0.2, -0.15) is 0 Å². The van der Waals surface area contributed by atoms with Gasteiger partial charge in [0, 0.05) is 17.2 Å². The van der Waals surface area contributed by atoms with Crippen molar-refractivity contribution in [3.8, 4) is 0 Å². The summed E-state index contributed by atoms with van der Waals surface area (Å²) in [5.74, 6) is 0.286. The van der Waals surface area contributed by atoms with Crippen LogP contribution in [-0.2, 0) is 16.6 Å². The molecule has 0 atom stereocenters.